The standard InChI is InChI=1S/C15H19NO3/c1-10-5-7-11(8-6-10)14(17)16-13-4-2-3-12(9-13)15(18)19/h2-4,9-11H,5-8H2,1H3,(H,16,17)(H,18,19). The SMILES string of the molecule is CC1CCC(C(=O)Nc2cccc(C(=O)O)c2)CC1. The van der Waals surface area contributed by atoms with Crippen molar-refractivity contribution in [3.05, 3.63) is 29.8 Å². The van der Waals surface area contributed by atoms with Gasteiger partial charge < -0.3 is 10.4 Å². The van der Waals surface area contributed by atoms with Gasteiger partial charge in [-0.15, -0.1) is 0 Å². The van der Waals surface area contributed by atoms with Gasteiger partial charge in [0, 0.05) is 11.6 Å². The van der Waals surface area contributed by atoms with E-state index < -0.39 is 5.97 Å². The number of aromatic carboxylic acids is 1. The number of hydrogen-bond acceptors (Lipinski definition) is 2. The Morgan fingerprint density at radius 1 is 1.21 bits per heavy atom. The largest absolute Gasteiger partial charge is 0.478 e. The van der Waals surface area contributed by atoms with Gasteiger partial charge in [-0.2, -0.15) is 0 Å². The van der Waals surface area contributed by atoms with Crippen LogP contribution in [-0.4, -0.2) is 17.0 Å². The van der Waals surface area contributed by atoms with Gasteiger partial charge in [0.05, 0.1) is 5.56 Å². The van der Waals surface area contributed by atoms with E-state index in [0.717, 1.165) is 25.7 Å². The Balaban J connectivity index is 1.98. The van der Waals surface area contributed by atoms with Gasteiger partial charge in [0.1, 0.15) is 0 Å². The zero-order valence-electron chi connectivity index (χ0n) is 11.1. The summed E-state index contributed by atoms with van der Waals surface area (Å²) in [6.07, 6.45) is 4.03. The van der Waals surface area contributed by atoms with Crippen molar-refractivity contribution in [3.8, 4) is 0 Å². The van der Waals surface area contributed by atoms with Crippen LogP contribution in [0.4, 0.5) is 5.69 Å². The van der Waals surface area contributed by atoms with Crippen LogP contribution in [0.5, 0.6) is 0 Å². The quantitative estimate of drug-likeness (QED) is 0.878. The molecule has 0 heterocycles. The second-order valence-electron chi connectivity index (χ2n) is 5.33. The van der Waals surface area contributed by atoms with Gasteiger partial charge in [0.25, 0.3) is 0 Å². The Morgan fingerprint density at radius 2 is 1.89 bits per heavy atom. The van der Waals surface area contributed by atoms with Crippen molar-refractivity contribution in [2.45, 2.75) is 32.6 Å². The van der Waals surface area contributed by atoms with Crippen molar-refractivity contribution in [2.75, 3.05) is 5.32 Å². The van der Waals surface area contributed by atoms with E-state index in [1.807, 2.05) is 0 Å². The number of amides is 1. The van der Waals surface area contributed by atoms with Crippen molar-refractivity contribution in [1.29, 1.82) is 0 Å². The van der Waals surface area contributed by atoms with Crippen LogP contribution in [0.3, 0.4) is 0 Å². The third-order valence-corrected chi connectivity index (χ3v) is 3.76. The summed E-state index contributed by atoms with van der Waals surface area (Å²) in [7, 11) is 0. The Bertz CT molecular complexity index is 476. The van der Waals surface area contributed by atoms with E-state index in [1.54, 1.807) is 12.1 Å². The molecule has 2 rings (SSSR count). The first-order chi connectivity index (χ1) is 9.06. The molecule has 19 heavy (non-hydrogen) atoms. The van der Waals surface area contributed by atoms with Gasteiger partial charge in [-0.05, 0) is 49.8 Å². The highest BCUT2D eigenvalue weighted by Crippen LogP contribution is 2.29. The van der Waals surface area contributed by atoms with E-state index in [2.05, 4.69) is 12.2 Å². The molecule has 4 nitrogen and oxygen atoms in total. The van der Waals surface area contributed by atoms with Crippen molar-refractivity contribution >= 4 is 17.6 Å². The number of nitrogens with one attached hydrogen (secondary N) is 1. The van der Waals surface area contributed by atoms with E-state index in [0.29, 0.717) is 11.6 Å². The molecular formula is C15H19NO3. The summed E-state index contributed by atoms with van der Waals surface area (Å²) in [5, 5.41) is 11.7. The number of carbonyl (C=O) groups excluding carboxylic acids is 1. The van der Waals surface area contributed by atoms with Gasteiger partial charge >= 0.3 is 5.97 Å². The summed E-state index contributed by atoms with van der Waals surface area (Å²) in [5.74, 6) is -0.207. The maximum absolute atomic E-state index is 12.1. The number of carbonyl (C=O) groups is 2. The lowest BCUT2D eigenvalue weighted by molar-refractivity contribution is -0.121. The summed E-state index contributed by atoms with van der Waals surface area (Å²) in [6, 6.07) is 6.36. The van der Waals surface area contributed by atoms with Crippen molar-refractivity contribution < 1.29 is 14.7 Å². The third kappa shape index (κ3) is 3.56. The van der Waals surface area contributed by atoms with Crippen LogP contribution in [-0.2, 0) is 4.79 Å². The van der Waals surface area contributed by atoms with Gasteiger partial charge in [0.2, 0.25) is 5.91 Å². The predicted molar refractivity (Wildman–Crippen MR) is 73.2 cm³/mol. The normalized spacial score (nSPS) is 22.8. The van der Waals surface area contributed by atoms with Crippen molar-refractivity contribution in [1.82, 2.24) is 0 Å². The van der Waals surface area contributed by atoms with E-state index in [9.17, 15) is 9.59 Å². The van der Waals surface area contributed by atoms with Crippen LogP contribution in [0.2, 0.25) is 0 Å². The number of carboxylic acids is 1. The molecule has 1 saturated carbocycles. The molecule has 1 aromatic rings. The molecule has 0 saturated heterocycles. The molecule has 4 heteroatoms. The summed E-state index contributed by atoms with van der Waals surface area (Å²) >= 11 is 0. The number of carboxylic acid groups (broad SMARTS) is 1. The minimum Gasteiger partial charge on any atom is -0.478 e. The molecule has 1 aliphatic rings. The summed E-state index contributed by atoms with van der Waals surface area (Å²) in [4.78, 5) is 23.0. The molecule has 0 atom stereocenters. The molecule has 2 N–H and O–H groups in total. The molecular weight excluding hydrogens is 242 g/mol. The molecule has 0 spiro atoms. The van der Waals surface area contributed by atoms with Gasteiger partial charge in [0.15, 0.2) is 0 Å². The molecule has 0 aliphatic heterocycles. The van der Waals surface area contributed by atoms with Crippen molar-refractivity contribution in [3.63, 3.8) is 0 Å². The van der Waals surface area contributed by atoms with Gasteiger partial charge in [-0.1, -0.05) is 13.0 Å². The van der Waals surface area contributed by atoms with E-state index in [1.165, 1.54) is 12.1 Å². The maximum atomic E-state index is 12.1. The molecule has 102 valence electrons. The summed E-state index contributed by atoms with van der Waals surface area (Å²) in [6.45, 7) is 2.21. The third-order valence-electron chi connectivity index (χ3n) is 3.76. The zero-order chi connectivity index (χ0) is 13.8. The van der Waals surface area contributed by atoms with E-state index >= 15 is 0 Å². The predicted octanol–water partition coefficient (Wildman–Crippen LogP) is 3.15. The second-order valence-corrected chi connectivity index (χ2v) is 5.33. The minimum absolute atomic E-state index is 0.00874. The first-order valence-corrected chi connectivity index (χ1v) is 6.70. The Morgan fingerprint density at radius 3 is 2.53 bits per heavy atom. The van der Waals surface area contributed by atoms with Crippen LogP contribution in [0.25, 0.3) is 0 Å². The van der Waals surface area contributed by atoms with Crippen LogP contribution in [0.15, 0.2) is 24.3 Å². The Hall–Kier alpha value is -1.84. The topological polar surface area (TPSA) is 66.4 Å². The molecule has 0 unspecified atom stereocenters. The molecule has 0 bridgehead atoms. The Labute approximate surface area is 112 Å². The highest BCUT2D eigenvalue weighted by atomic mass is 16.4. The number of benzene rings is 1. The molecule has 1 amide bonds. The average Bonchev–Trinajstić information content (AvgIpc) is 2.39. The fourth-order valence-corrected chi connectivity index (χ4v) is 2.50. The van der Waals surface area contributed by atoms with Crippen LogP contribution in [0, 0.1) is 11.8 Å². The number of rotatable bonds is 3. The van der Waals surface area contributed by atoms with E-state index in [4.69, 9.17) is 5.11 Å². The van der Waals surface area contributed by atoms with Crippen LogP contribution in [0.1, 0.15) is 43.0 Å². The highest BCUT2D eigenvalue weighted by Gasteiger charge is 2.24. The summed E-state index contributed by atoms with van der Waals surface area (Å²) < 4.78 is 0. The smallest absolute Gasteiger partial charge is 0.335 e. The molecule has 0 radical (unpaired) electrons. The summed E-state index contributed by atoms with van der Waals surface area (Å²) in [5.41, 5.74) is 0.749. The number of anilines is 1. The van der Waals surface area contributed by atoms with Crippen LogP contribution >= 0.6 is 0 Å². The van der Waals surface area contributed by atoms with E-state index in [-0.39, 0.29) is 17.4 Å². The lowest BCUT2D eigenvalue weighted by Gasteiger charge is -2.25. The Kier molecular flexibility index (Phi) is 4.20. The molecule has 1 fully saturated rings. The first kappa shape index (κ1) is 13.6. The first-order valence-electron chi connectivity index (χ1n) is 6.70. The second kappa shape index (κ2) is 5.87. The zero-order valence-corrected chi connectivity index (χ0v) is 11.1. The van der Waals surface area contributed by atoms with Crippen LogP contribution < -0.4 is 5.32 Å². The minimum atomic E-state index is -0.984. The van der Waals surface area contributed by atoms with Gasteiger partial charge in [-0.25, -0.2) is 4.79 Å². The van der Waals surface area contributed by atoms with Crippen molar-refractivity contribution in [2.24, 2.45) is 11.8 Å². The lowest BCUT2D eigenvalue weighted by Crippen LogP contribution is -2.26. The fourth-order valence-electron chi connectivity index (χ4n) is 2.50. The average molecular weight is 261 g/mol. The fraction of sp³-hybridized carbons (Fsp3) is 0.467. The monoisotopic (exact) mass is 261 g/mol. The molecule has 1 aromatic carbocycles. The lowest BCUT2D eigenvalue weighted by atomic mass is 9.82. The molecule has 0 aromatic heterocycles. The number of hydrogen-bond donors (Lipinski definition) is 2. The maximum Gasteiger partial charge on any atom is 0.335 e. The molecule has 1 aliphatic carbocycles. The highest BCUT2D eigenvalue weighted by molar-refractivity contribution is 5.95. The van der Waals surface area contributed by atoms with Gasteiger partial charge in [-0.3, -0.25) is 4.79 Å².